The number of hydrogen-bond acceptors (Lipinski definition) is 5. The Labute approximate surface area is 171 Å². The fraction of sp³-hybridized carbons (Fsp3) is 0.304. The molecule has 6 heteroatoms. The summed E-state index contributed by atoms with van der Waals surface area (Å²) in [6, 6.07) is 9.59. The second-order valence-corrected chi connectivity index (χ2v) is 7.17. The van der Waals surface area contributed by atoms with Crippen LogP contribution in [0.15, 0.2) is 48.7 Å². The highest BCUT2D eigenvalue weighted by Crippen LogP contribution is 2.28. The molecule has 3 heterocycles. The third kappa shape index (κ3) is 4.55. The maximum Gasteiger partial charge on any atom is 0.260 e. The van der Waals surface area contributed by atoms with Gasteiger partial charge < -0.3 is 20.7 Å². The fourth-order valence-corrected chi connectivity index (χ4v) is 3.69. The Balaban J connectivity index is 1.49. The zero-order valence-corrected chi connectivity index (χ0v) is 16.6. The summed E-state index contributed by atoms with van der Waals surface area (Å²) in [5, 5.41) is 9.49. The molecule has 0 radical (unpaired) electrons. The minimum absolute atomic E-state index is 0.228. The van der Waals surface area contributed by atoms with Gasteiger partial charge >= 0.3 is 0 Å². The van der Waals surface area contributed by atoms with Crippen molar-refractivity contribution in [1.29, 1.82) is 0 Å². The normalized spacial score (nSPS) is 16.6. The summed E-state index contributed by atoms with van der Waals surface area (Å²) in [5.74, 6) is 0.866. The molecule has 150 valence electrons. The lowest BCUT2D eigenvalue weighted by Gasteiger charge is -2.16. The van der Waals surface area contributed by atoms with Crippen LogP contribution in [0.4, 0.5) is 5.82 Å². The zero-order chi connectivity index (χ0) is 20.1. The van der Waals surface area contributed by atoms with Crippen molar-refractivity contribution < 1.29 is 9.53 Å². The van der Waals surface area contributed by atoms with E-state index < -0.39 is 0 Å². The van der Waals surface area contributed by atoms with Crippen LogP contribution in [-0.2, 0) is 0 Å². The molecule has 2 aromatic rings. The first-order chi connectivity index (χ1) is 14.2. The van der Waals surface area contributed by atoms with E-state index in [1.165, 1.54) is 11.1 Å². The SMILES string of the molecule is COc1cc(C2=CCNCC2)ccc1C(=O)Nc1ccc(C2=CCNCC2)cn1. The summed E-state index contributed by atoms with van der Waals surface area (Å²) in [4.78, 5) is 17.2. The highest BCUT2D eigenvalue weighted by Gasteiger charge is 2.16. The number of amides is 1. The van der Waals surface area contributed by atoms with Gasteiger partial charge in [0, 0.05) is 19.3 Å². The maximum absolute atomic E-state index is 12.8. The van der Waals surface area contributed by atoms with Gasteiger partial charge in [-0.25, -0.2) is 4.98 Å². The Morgan fingerprint density at radius 3 is 2.28 bits per heavy atom. The lowest BCUT2D eigenvalue weighted by atomic mass is 9.98. The molecule has 0 saturated heterocycles. The summed E-state index contributed by atoms with van der Waals surface area (Å²) in [7, 11) is 1.59. The van der Waals surface area contributed by atoms with Crippen molar-refractivity contribution in [3.8, 4) is 5.75 Å². The Hall–Kier alpha value is -2.96. The van der Waals surface area contributed by atoms with Gasteiger partial charge in [-0.05, 0) is 72.5 Å². The zero-order valence-electron chi connectivity index (χ0n) is 16.6. The van der Waals surface area contributed by atoms with Crippen LogP contribution in [0.3, 0.4) is 0 Å². The molecule has 0 saturated carbocycles. The quantitative estimate of drug-likeness (QED) is 0.732. The molecular weight excluding hydrogens is 364 g/mol. The second-order valence-electron chi connectivity index (χ2n) is 7.17. The van der Waals surface area contributed by atoms with Crippen LogP contribution in [0.1, 0.15) is 34.3 Å². The van der Waals surface area contributed by atoms with Gasteiger partial charge in [-0.15, -0.1) is 0 Å². The summed E-state index contributed by atoms with van der Waals surface area (Å²) in [5.41, 5.74) is 5.26. The molecule has 1 amide bonds. The minimum Gasteiger partial charge on any atom is -0.496 e. The van der Waals surface area contributed by atoms with Crippen LogP contribution in [-0.4, -0.2) is 44.2 Å². The van der Waals surface area contributed by atoms with E-state index in [0.717, 1.165) is 50.1 Å². The molecule has 1 aromatic carbocycles. The van der Waals surface area contributed by atoms with E-state index in [1.54, 1.807) is 7.11 Å². The smallest absolute Gasteiger partial charge is 0.260 e. The lowest BCUT2D eigenvalue weighted by molar-refractivity contribution is 0.102. The van der Waals surface area contributed by atoms with E-state index in [1.807, 2.05) is 36.5 Å². The first-order valence-corrected chi connectivity index (χ1v) is 10.0. The number of benzene rings is 1. The van der Waals surface area contributed by atoms with Gasteiger partial charge in [0.05, 0.1) is 12.7 Å². The number of pyridine rings is 1. The molecule has 0 aliphatic carbocycles. The van der Waals surface area contributed by atoms with Crippen LogP contribution in [0.25, 0.3) is 11.1 Å². The third-order valence-corrected chi connectivity index (χ3v) is 5.32. The van der Waals surface area contributed by atoms with Crippen LogP contribution in [0.5, 0.6) is 5.75 Å². The van der Waals surface area contributed by atoms with E-state index in [2.05, 4.69) is 33.1 Å². The number of ether oxygens (including phenoxy) is 1. The molecule has 6 nitrogen and oxygen atoms in total. The van der Waals surface area contributed by atoms with Gasteiger partial charge in [0.1, 0.15) is 11.6 Å². The molecule has 0 bridgehead atoms. The van der Waals surface area contributed by atoms with E-state index in [4.69, 9.17) is 4.74 Å². The molecule has 0 spiro atoms. The van der Waals surface area contributed by atoms with Crippen molar-refractivity contribution in [1.82, 2.24) is 15.6 Å². The summed E-state index contributed by atoms with van der Waals surface area (Å²) in [6.45, 7) is 3.70. The fourth-order valence-electron chi connectivity index (χ4n) is 3.69. The van der Waals surface area contributed by atoms with Crippen molar-refractivity contribution in [3.63, 3.8) is 0 Å². The van der Waals surface area contributed by atoms with E-state index >= 15 is 0 Å². The third-order valence-electron chi connectivity index (χ3n) is 5.32. The summed E-state index contributed by atoms with van der Waals surface area (Å²) < 4.78 is 5.50. The Kier molecular flexibility index (Phi) is 6.03. The molecular formula is C23H26N4O2. The molecule has 2 aliphatic heterocycles. The lowest BCUT2D eigenvalue weighted by Crippen LogP contribution is -2.20. The first kappa shape index (κ1) is 19.4. The second kappa shape index (κ2) is 9.03. The van der Waals surface area contributed by atoms with Gasteiger partial charge in [0.25, 0.3) is 5.91 Å². The summed E-state index contributed by atoms with van der Waals surface area (Å²) >= 11 is 0. The van der Waals surface area contributed by atoms with Crippen molar-refractivity contribution in [2.75, 3.05) is 38.6 Å². The van der Waals surface area contributed by atoms with E-state index in [9.17, 15) is 4.79 Å². The average Bonchev–Trinajstić information content (AvgIpc) is 2.80. The van der Waals surface area contributed by atoms with Crippen LogP contribution < -0.4 is 20.7 Å². The van der Waals surface area contributed by atoms with Gasteiger partial charge in [-0.1, -0.05) is 18.2 Å². The van der Waals surface area contributed by atoms with Crippen LogP contribution >= 0.6 is 0 Å². The number of methoxy groups -OCH3 is 1. The largest absolute Gasteiger partial charge is 0.496 e. The van der Waals surface area contributed by atoms with E-state index in [0.29, 0.717) is 17.1 Å². The Bertz CT molecular complexity index is 948. The molecule has 0 atom stereocenters. The average molecular weight is 390 g/mol. The van der Waals surface area contributed by atoms with Crippen molar-refractivity contribution in [3.05, 3.63) is 65.4 Å². The number of aromatic nitrogens is 1. The molecule has 0 unspecified atom stereocenters. The first-order valence-electron chi connectivity index (χ1n) is 10.0. The number of nitrogens with zero attached hydrogens (tertiary/aromatic N) is 1. The standard InChI is InChI=1S/C23H26N4O2/c1-29-21-14-18(16-6-10-24-11-7-16)2-4-20(21)23(28)27-22-5-3-19(15-26-22)17-8-12-25-13-9-17/h2-6,8,14-15,24-25H,7,9-13H2,1H3,(H,26,27,28). The van der Waals surface area contributed by atoms with Gasteiger partial charge in [-0.2, -0.15) is 0 Å². The van der Waals surface area contributed by atoms with Crippen molar-refractivity contribution in [2.45, 2.75) is 12.8 Å². The van der Waals surface area contributed by atoms with E-state index in [-0.39, 0.29) is 5.91 Å². The predicted octanol–water partition coefficient (Wildman–Crippen LogP) is 3.10. The maximum atomic E-state index is 12.8. The number of anilines is 1. The van der Waals surface area contributed by atoms with Crippen molar-refractivity contribution in [2.24, 2.45) is 0 Å². The molecule has 29 heavy (non-hydrogen) atoms. The van der Waals surface area contributed by atoms with Gasteiger partial charge in [-0.3, -0.25) is 4.79 Å². The number of nitrogens with one attached hydrogen (secondary N) is 3. The predicted molar refractivity (Wildman–Crippen MR) is 116 cm³/mol. The molecule has 4 rings (SSSR count). The Morgan fingerprint density at radius 2 is 1.69 bits per heavy atom. The number of carbonyl (C=O) groups excluding carboxylic acids is 1. The highest BCUT2D eigenvalue weighted by molar-refractivity contribution is 6.06. The molecule has 1 aromatic heterocycles. The number of rotatable bonds is 5. The van der Waals surface area contributed by atoms with Crippen LogP contribution in [0, 0.1) is 0 Å². The van der Waals surface area contributed by atoms with Gasteiger partial charge in [0.2, 0.25) is 0 Å². The minimum atomic E-state index is -0.228. The monoisotopic (exact) mass is 390 g/mol. The molecule has 3 N–H and O–H groups in total. The van der Waals surface area contributed by atoms with Crippen molar-refractivity contribution >= 4 is 22.9 Å². The molecule has 0 fully saturated rings. The topological polar surface area (TPSA) is 75.3 Å². The highest BCUT2D eigenvalue weighted by atomic mass is 16.5. The number of carbonyl (C=O) groups is 1. The Morgan fingerprint density at radius 1 is 1.00 bits per heavy atom. The van der Waals surface area contributed by atoms with Crippen LogP contribution in [0.2, 0.25) is 0 Å². The number of hydrogen-bond donors (Lipinski definition) is 3. The van der Waals surface area contributed by atoms with Gasteiger partial charge in [0.15, 0.2) is 0 Å². The summed E-state index contributed by atoms with van der Waals surface area (Å²) in [6.07, 6.45) is 8.14. The molecule has 2 aliphatic rings.